The standard InChI is InChI=1S/C21H25NO4S/c1-25-18-8-5-9-19-20(18)16-11-10-14(13-27(22,23)24)12-17(16)21(26-19)15-6-3-2-4-7-15/h5,8-12,15,21H,2-4,6-7,13H2,1H3,(H2,22,23,24). The van der Waals surface area contributed by atoms with Crippen molar-refractivity contribution >= 4 is 10.0 Å². The van der Waals surface area contributed by atoms with E-state index in [-0.39, 0.29) is 11.9 Å². The van der Waals surface area contributed by atoms with Crippen LogP contribution in [0.3, 0.4) is 0 Å². The van der Waals surface area contributed by atoms with Crippen LogP contribution in [-0.4, -0.2) is 15.5 Å². The van der Waals surface area contributed by atoms with Gasteiger partial charge in [-0.25, -0.2) is 13.6 Å². The van der Waals surface area contributed by atoms with Gasteiger partial charge in [0.2, 0.25) is 10.0 Å². The van der Waals surface area contributed by atoms with Crippen LogP contribution in [0.25, 0.3) is 11.1 Å². The molecule has 0 amide bonds. The summed E-state index contributed by atoms with van der Waals surface area (Å²) < 4.78 is 35.2. The molecule has 6 heteroatoms. The number of hydrogen-bond acceptors (Lipinski definition) is 4. The van der Waals surface area contributed by atoms with E-state index in [0.29, 0.717) is 11.5 Å². The van der Waals surface area contributed by atoms with Crippen molar-refractivity contribution in [3.8, 4) is 22.6 Å². The van der Waals surface area contributed by atoms with Crippen LogP contribution in [0.2, 0.25) is 0 Å². The molecule has 2 aromatic rings. The highest BCUT2D eigenvalue weighted by Crippen LogP contribution is 2.51. The quantitative estimate of drug-likeness (QED) is 0.854. The molecule has 5 nitrogen and oxygen atoms in total. The fourth-order valence-corrected chi connectivity index (χ4v) is 5.07. The average Bonchev–Trinajstić information content (AvgIpc) is 2.66. The first kappa shape index (κ1) is 18.3. The van der Waals surface area contributed by atoms with Gasteiger partial charge in [0.05, 0.1) is 18.4 Å². The summed E-state index contributed by atoms with van der Waals surface area (Å²) in [4.78, 5) is 0. The minimum absolute atomic E-state index is 0.0691. The van der Waals surface area contributed by atoms with E-state index < -0.39 is 10.0 Å². The van der Waals surface area contributed by atoms with Crippen LogP contribution in [0.5, 0.6) is 11.5 Å². The van der Waals surface area contributed by atoms with Crippen LogP contribution < -0.4 is 14.6 Å². The molecule has 2 N–H and O–H groups in total. The number of sulfonamides is 1. The Hall–Kier alpha value is -2.05. The molecular weight excluding hydrogens is 362 g/mol. The number of ether oxygens (including phenoxy) is 2. The van der Waals surface area contributed by atoms with Gasteiger partial charge in [0, 0.05) is 11.5 Å². The lowest BCUT2D eigenvalue weighted by Crippen LogP contribution is -2.25. The minimum Gasteiger partial charge on any atom is -0.496 e. The Morgan fingerprint density at radius 3 is 2.63 bits per heavy atom. The van der Waals surface area contributed by atoms with E-state index in [1.807, 2.05) is 36.4 Å². The van der Waals surface area contributed by atoms with E-state index in [4.69, 9.17) is 14.6 Å². The first-order valence-electron chi connectivity index (χ1n) is 9.43. The number of hydrogen-bond donors (Lipinski definition) is 1. The van der Waals surface area contributed by atoms with Crippen molar-refractivity contribution in [3.05, 3.63) is 47.5 Å². The maximum absolute atomic E-state index is 11.6. The molecule has 0 aromatic heterocycles. The van der Waals surface area contributed by atoms with Gasteiger partial charge in [-0.2, -0.15) is 0 Å². The summed E-state index contributed by atoms with van der Waals surface area (Å²) in [6, 6.07) is 11.6. The van der Waals surface area contributed by atoms with E-state index in [0.717, 1.165) is 41.0 Å². The summed E-state index contributed by atoms with van der Waals surface area (Å²) in [7, 11) is -1.93. The molecule has 0 saturated heterocycles. The van der Waals surface area contributed by atoms with Gasteiger partial charge in [-0.3, -0.25) is 0 Å². The molecule has 1 aliphatic heterocycles. The summed E-state index contributed by atoms with van der Waals surface area (Å²) in [5, 5.41) is 5.26. The molecule has 1 atom stereocenters. The largest absolute Gasteiger partial charge is 0.496 e. The topological polar surface area (TPSA) is 78.6 Å². The molecule has 2 aliphatic rings. The fraction of sp³-hybridized carbons (Fsp3) is 0.429. The Balaban J connectivity index is 1.84. The zero-order chi connectivity index (χ0) is 19.0. The van der Waals surface area contributed by atoms with E-state index in [1.54, 1.807) is 7.11 Å². The lowest BCUT2D eigenvalue weighted by molar-refractivity contribution is 0.105. The highest BCUT2D eigenvalue weighted by atomic mass is 32.2. The van der Waals surface area contributed by atoms with Gasteiger partial charge in [-0.1, -0.05) is 43.5 Å². The Morgan fingerprint density at radius 1 is 1.15 bits per heavy atom. The van der Waals surface area contributed by atoms with E-state index in [9.17, 15) is 8.42 Å². The maximum Gasteiger partial charge on any atom is 0.213 e. The molecule has 1 fully saturated rings. The number of rotatable bonds is 4. The minimum atomic E-state index is -3.58. The van der Waals surface area contributed by atoms with Gasteiger partial charge < -0.3 is 9.47 Å². The normalized spacial score (nSPS) is 19.7. The average molecular weight is 388 g/mol. The highest BCUT2D eigenvalue weighted by Gasteiger charge is 2.34. The molecular formula is C21H25NO4S. The molecule has 1 saturated carbocycles. The number of nitrogens with two attached hydrogens (primary N) is 1. The number of fused-ring (bicyclic) bond motifs is 3. The zero-order valence-electron chi connectivity index (χ0n) is 15.5. The van der Waals surface area contributed by atoms with Crippen molar-refractivity contribution < 1.29 is 17.9 Å². The molecule has 0 radical (unpaired) electrons. The summed E-state index contributed by atoms with van der Waals surface area (Å²) in [6.45, 7) is 0. The number of primary sulfonamides is 1. The maximum atomic E-state index is 11.6. The molecule has 144 valence electrons. The van der Waals surface area contributed by atoms with Crippen molar-refractivity contribution in [2.45, 2.75) is 44.0 Å². The monoisotopic (exact) mass is 387 g/mol. The molecule has 1 aliphatic carbocycles. The Labute approximate surface area is 160 Å². The van der Waals surface area contributed by atoms with Crippen LogP contribution in [-0.2, 0) is 15.8 Å². The van der Waals surface area contributed by atoms with Gasteiger partial charge in [0.1, 0.15) is 17.6 Å². The Bertz CT molecular complexity index is 949. The van der Waals surface area contributed by atoms with Crippen LogP contribution in [0.1, 0.15) is 49.3 Å². The predicted octanol–water partition coefficient (Wildman–Crippen LogP) is 4.16. The summed E-state index contributed by atoms with van der Waals surface area (Å²) >= 11 is 0. The second kappa shape index (κ2) is 7.17. The van der Waals surface area contributed by atoms with Crippen LogP contribution in [0, 0.1) is 5.92 Å². The molecule has 0 spiro atoms. The number of methoxy groups -OCH3 is 1. The molecule has 27 heavy (non-hydrogen) atoms. The third kappa shape index (κ3) is 3.69. The van der Waals surface area contributed by atoms with Gasteiger partial charge in [0.25, 0.3) is 0 Å². The van der Waals surface area contributed by atoms with Crippen molar-refractivity contribution in [2.75, 3.05) is 7.11 Å². The van der Waals surface area contributed by atoms with Crippen molar-refractivity contribution in [1.82, 2.24) is 0 Å². The highest BCUT2D eigenvalue weighted by molar-refractivity contribution is 7.88. The van der Waals surface area contributed by atoms with Crippen molar-refractivity contribution in [2.24, 2.45) is 11.1 Å². The predicted molar refractivity (Wildman–Crippen MR) is 105 cm³/mol. The number of benzene rings is 2. The Kier molecular flexibility index (Phi) is 4.86. The second-order valence-electron chi connectivity index (χ2n) is 7.50. The zero-order valence-corrected chi connectivity index (χ0v) is 16.3. The summed E-state index contributed by atoms with van der Waals surface area (Å²) in [5.74, 6) is 1.85. The third-order valence-electron chi connectivity index (χ3n) is 5.60. The lowest BCUT2D eigenvalue weighted by Gasteiger charge is -2.36. The second-order valence-corrected chi connectivity index (χ2v) is 9.11. The molecule has 1 unspecified atom stereocenters. The van der Waals surface area contributed by atoms with Crippen molar-refractivity contribution in [3.63, 3.8) is 0 Å². The lowest BCUT2D eigenvalue weighted by atomic mass is 9.79. The summed E-state index contributed by atoms with van der Waals surface area (Å²) in [5.41, 5.74) is 3.73. The van der Waals surface area contributed by atoms with Gasteiger partial charge in [0.15, 0.2) is 0 Å². The van der Waals surface area contributed by atoms with Crippen molar-refractivity contribution in [1.29, 1.82) is 0 Å². The molecule has 2 aromatic carbocycles. The molecule has 0 bridgehead atoms. The van der Waals surface area contributed by atoms with Gasteiger partial charge in [-0.05, 0) is 36.1 Å². The van der Waals surface area contributed by atoms with Crippen LogP contribution in [0.15, 0.2) is 36.4 Å². The summed E-state index contributed by atoms with van der Waals surface area (Å²) in [6.07, 6.45) is 5.88. The van der Waals surface area contributed by atoms with Crippen LogP contribution in [0.4, 0.5) is 0 Å². The third-order valence-corrected chi connectivity index (χ3v) is 6.34. The molecule has 1 heterocycles. The van der Waals surface area contributed by atoms with Gasteiger partial charge in [-0.15, -0.1) is 0 Å². The molecule has 4 rings (SSSR count). The van der Waals surface area contributed by atoms with E-state index in [2.05, 4.69) is 0 Å². The van der Waals surface area contributed by atoms with Gasteiger partial charge >= 0.3 is 0 Å². The van der Waals surface area contributed by atoms with Crippen LogP contribution >= 0.6 is 0 Å². The fourth-order valence-electron chi connectivity index (χ4n) is 4.43. The Morgan fingerprint density at radius 2 is 1.93 bits per heavy atom. The first-order chi connectivity index (χ1) is 13.0. The van der Waals surface area contributed by atoms with E-state index in [1.165, 1.54) is 19.3 Å². The van der Waals surface area contributed by atoms with E-state index >= 15 is 0 Å². The smallest absolute Gasteiger partial charge is 0.213 e. The SMILES string of the molecule is COc1cccc2c1-c1ccc(CS(N)(=O)=O)cc1C(C1CCCCC1)O2. The first-order valence-corrected chi connectivity index (χ1v) is 11.1.